The van der Waals surface area contributed by atoms with Gasteiger partial charge in [0.05, 0.1) is 0 Å². The minimum absolute atomic E-state index is 0.0765. The maximum Gasteiger partial charge on any atom is 0.131 e. The summed E-state index contributed by atoms with van der Waals surface area (Å²) in [5, 5.41) is 0. The molecule has 1 aliphatic rings. The van der Waals surface area contributed by atoms with Gasteiger partial charge in [-0.2, -0.15) is 0 Å². The van der Waals surface area contributed by atoms with Crippen molar-refractivity contribution < 1.29 is 4.39 Å². The minimum Gasteiger partial charge on any atom is -0.206 e. The van der Waals surface area contributed by atoms with Crippen molar-refractivity contribution >= 4 is 0 Å². The fourth-order valence-corrected chi connectivity index (χ4v) is 4.91. The quantitative estimate of drug-likeness (QED) is 0.419. The van der Waals surface area contributed by atoms with Crippen LogP contribution in [0.15, 0.2) is 42.5 Å². The molecule has 158 valence electrons. The lowest BCUT2D eigenvalue weighted by molar-refractivity contribution is 0.348. The van der Waals surface area contributed by atoms with E-state index >= 15 is 4.39 Å². The Bertz CT molecular complexity index is 750. The Labute approximate surface area is 177 Å². The molecule has 1 saturated carbocycles. The Hall–Kier alpha value is -1.63. The van der Waals surface area contributed by atoms with Crippen molar-refractivity contribution in [2.24, 2.45) is 11.8 Å². The topological polar surface area (TPSA) is 0 Å². The Morgan fingerprint density at radius 1 is 0.897 bits per heavy atom. The highest BCUT2D eigenvalue weighted by molar-refractivity contribution is 5.65. The molecule has 0 amide bonds. The lowest BCUT2D eigenvalue weighted by Crippen LogP contribution is -2.10. The van der Waals surface area contributed by atoms with Crippen molar-refractivity contribution in [1.29, 1.82) is 0 Å². The van der Waals surface area contributed by atoms with Crippen LogP contribution in [0, 0.1) is 17.7 Å². The minimum atomic E-state index is -0.0765. The lowest BCUT2D eigenvalue weighted by Gasteiger charge is -2.26. The lowest BCUT2D eigenvalue weighted by atomic mass is 9.79. The summed E-state index contributed by atoms with van der Waals surface area (Å²) in [7, 11) is 0. The van der Waals surface area contributed by atoms with Crippen LogP contribution < -0.4 is 0 Å². The van der Waals surface area contributed by atoms with Crippen molar-refractivity contribution in [3.05, 3.63) is 59.4 Å². The molecule has 2 aromatic carbocycles. The molecule has 29 heavy (non-hydrogen) atoms. The normalized spacial score (nSPS) is 20.8. The van der Waals surface area contributed by atoms with E-state index in [1.165, 1.54) is 43.2 Å². The molecule has 0 heterocycles. The second-order valence-electron chi connectivity index (χ2n) is 9.77. The van der Waals surface area contributed by atoms with Gasteiger partial charge >= 0.3 is 0 Å². The first-order valence-electron chi connectivity index (χ1n) is 11.9. The van der Waals surface area contributed by atoms with Crippen molar-refractivity contribution in [3.63, 3.8) is 0 Å². The molecule has 0 aliphatic heterocycles. The van der Waals surface area contributed by atoms with E-state index in [0.29, 0.717) is 17.8 Å². The first-order chi connectivity index (χ1) is 14.0. The van der Waals surface area contributed by atoms with Gasteiger partial charge in [-0.15, -0.1) is 0 Å². The zero-order valence-corrected chi connectivity index (χ0v) is 18.9. The summed E-state index contributed by atoms with van der Waals surface area (Å²) in [6.45, 7) is 9.12. The van der Waals surface area contributed by atoms with Crippen molar-refractivity contribution in [2.45, 2.75) is 90.9 Å². The zero-order chi connectivity index (χ0) is 20.8. The van der Waals surface area contributed by atoms with Crippen LogP contribution in [0.3, 0.4) is 0 Å². The average Bonchev–Trinajstić information content (AvgIpc) is 2.72. The molecule has 0 bridgehead atoms. The fourth-order valence-electron chi connectivity index (χ4n) is 4.91. The van der Waals surface area contributed by atoms with Crippen LogP contribution in [-0.2, 0) is 0 Å². The van der Waals surface area contributed by atoms with Gasteiger partial charge in [0, 0.05) is 5.56 Å². The SMILES string of the molecule is CCCC(CCC(C)C)c1ccc(-c2ccc(C3CCC(C)CC3)cc2)c(F)c1. The predicted octanol–water partition coefficient (Wildman–Crippen LogP) is 9.11. The molecule has 0 nitrogen and oxygen atoms in total. The molecule has 0 spiro atoms. The highest BCUT2D eigenvalue weighted by Gasteiger charge is 2.20. The van der Waals surface area contributed by atoms with E-state index in [-0.39, 0.29) is 5.82 Å². The molecule has 0 aromatic heterocycles. The first-order valence-corrected chi connectivity index (χ1v) is 11.9. The summed E-state index contributed by atoms with van der Waals surface area (Å²) in [5.41, 5.74) is 4.32. The highest BCUT2D eigenvalue weighted by Crippen LogP contribution is 2.37. The van der Waals surface area contributed by atoms with Gasteiger partial charge in [0.2, 0.25) is 0 Å². The van der Waals surface area contributed by atoms with E-state index < -0.39 is 0 Å². The van der Waals surface area contributed by atoms with Gasteiger partial charge in [-0.05, 0) is 72.1 Å². The molecular weight excluding hydrogens is 355 g/mol. The Morgan fingerprint density at radius 2 is 1.59 bits per heavy atom. The average molecular weight is 395 g/mol. The molecule has 1 aliphatic carbocycles. The van der Waals surface area contributed by atoms with E-state index in [2.05, 4.69) is 58.0 Å². The van der Waals surface area contributed by atoms with Crippen LogP contribution in [-0.4, -0.2) is 0 Å². The smallest absolute Gasteiger partial charge is 0.131 e. The van der Waals surface area contributed by atoms with Gasteiger partial charge in [-0.1, -0.05) is 89.8 Å². The molecule has 3 rings (SSSR count). The second kappa shape index (κ2) is 10.4. The third-order valence-corrected chi connectivity index (χ3v) is 6.90. The molecule has 0 N–H and O–H groups in total. The molecule has 0 radical (unpaired) electrons. The first kappa shape index (κ1) is 22.1. The van der Waals surface area contributed by atoms with Crippen LogP contribution in [0.5, 0.6) is 0 Å². The Balaban J connectivity index is 1.73. The van der Waals surface area contributed by atoms with Crippen molar-refractivity contribution in [1.82, 2.24) is 0 Å². The van der Waals surface area contributed by atoms with E-state index in [0.717, 1.165) is 36.3 Å². The molecule has 0 saturated heterocycles. The van der Waals surface area contributed by atoms with Crippen molar-refractivity contribution in [2.75, 3.05) is 0 Å². The van der Waals surface area contributed by atoms with E-state index in [4.69, 9.17) is 0 Å². The molecular formula is C28H39F. The van der Waals surface area contributed by atoms with Gasteiger partial charge in [-0.25, -0.2) is 4.39 Å². The summed E-state index contributed by atoms with van der Waals surface area (Å²) in [5.74, 6) is 2.65. The number of benzene rings is 2. The maximum atomic E-state index is 15.0. The largest absolute Gasteiger partial charge is 0.206 e. The zero-order valence-electron chi connectivity index (χ0n) is 18.9. The standard InChI is InChI=1S/C28H39F/c1-5-6-22(10-7-20(2)3)26-17-18-27(28(29)19-26)25-15-13-24(14-16-25)23-11-8-21(4)9-12-23/h13-23H,5-12H2,1-4H3. The third-order valence-electron chi connectivity index (χ3n) is 6.90. The molecule has 1 atom stereocenters. The maximum absolute atomic E-state index is 15.0. The number of hydrogen-bond acceptors (Lipinski definition) is 0. The summed E-state index contributed by atoms with van der Waals surface area (Å²) < 4.78 is 15.0. The van der Waals surface area contributed by atoms with E-state index in [9.17, 15) is 0 Å². The van der Waals surface area contributed by atoms with Gasteiger partial charge in [0.1, 0.15) is 5.82 Å². The summed E-state index contributed by atoms with van der Waals surface area (Å²) >= 11 is 0. The third kappa shape index (κ3) is 5.93. The van der Waals surface area contributed by atoms with Gasteiger partial charge in [0.25, 0.3) is 0 Å². The van der Waals surface area contributed by atoms with E-state index in [1.54, 1.807) is 6.07 Å². The number of hydrogen-bond donors (Lipinski definition) is 0. The number of rotatable bonds is 8. The Morgan fingerprint density at radius 3 is 2.17 bits per heavy atom. The van der Waals surface area contributed by atoms with Gasteiger partial charge in [-0.3, -0.25) is 0 Å². The van der Waals surface area contributed by atoms with Gasteiger partial charge in [0.15, 0.2) is 0 Å². The Kier molecular flexibility index (Phi) is 7.92. The van der Waals surface area contributed by atoms with Gasteiger partial charge < -0.3 is 0 Å². The van der Waals surface area contributed by atoms with Crippen LogP contribution in [0.1, 0.15) is 102 Å². The van der Waals surface area contributed by atoms with Crippen LogP contribution in [0.25, 0.3) is 11.1 Å². The van der Waals surface area contributed by atoms with E-state index in [1.807, 2.05) is 6.07 Å². The molecule has 1 heteroatoms. The monoisotopic (exact) mass is 394 g/mol. The second-order valence-corrected chi connectivity index (χ2v) is 9.77. The summed E-state index contributed by atoms with van der Waals surface area (Å²) in [6.07, 6.45) is 9.89. The van der Waals surface area contributed by atoms with Crippen LogP contribution in [0.4, 0.5) is 4.39 Å². The fraction of sp³-hybridized carbons (Fsp3) is 0.571. The number of halogens is 1. The van der Waals surface area contributed by atoms with Crippen LogP contribution in [0.2, 0.25) is 0 Å². The molecule has 1 fully saturated rings. The summed E-state index contributed by atoms with van der Waals surface area (Å²) in [4.78, 5) is 0. The summed E-state index contributed by atoms with van der Waals surface area (Å²) in [6, 6.07) is 14.7. The van der Waals surface area contributed by atoms with Crippen LogP contribution >= 0.6 is 0 Å². The highest BCUT2D eigenvalue weighted by atomic mass is 19.1. The molecule has 1 unspecified atom stereocenters. The van der Waals surface area contributed by atoms with Crippen molar-refractivity contribution in [3.8, 4) is 11.1 Å². The predicted molar refractivity (Wildman–Crippen MR) is 124 cm³/mol. The molecule has 2 aromatic rings.